The lowest BCUT2D eigenvalue weighted by Gasteiger charge is -2.34. The molecule has 0 bridgehead atoms. The van der Waals surface area contributed by atoms with Gasteiger partial charge >= 0.3 is 11.5 Å². The number of carboxylic acid groups (broad SMARTS) is 1. The number of rotatable bonds is 4. The normalized spacial score (nSPS) is 19.6. The van der Waals surface area contributed by atoms with Gasteiger partial charge < -0.3 is 5.11 Å². The van der Waals surface area contributed by atoms with Gasteiger partial charge in [0.15, 0.2) is 0 Å². The van der Waals surface area contributed by atoms with Crippen molar-refractivity contribution in [2.24, 2.45) is 0 Å². The molecule has 20 heavy (non-hydrogen) atoms. The van der Waals surface area contributed by atoms with Crippen LogP contribution in [0.25, 0.3) is 0 Å². The third kappa shape index (κ3) is 3.89. The molecular weight excluding hydrogens is 291 g/mol. The van der Waals surface area contributed by atoms with Gasteiger partial charge in [0.1, 0.15) is 6.04 Å². The Morgan fingerprint density at radius 1 is 1.35 bits per heavy atom. The first kappa shape index (κ1) is 15.2. The summed E-state index contributed by atoms with van der Waals surface area (Å²) in [6, 6.07) is 6.69. The van der Waals surface area contributed by atoms with Crippen LogP contribution in [-0.2, 0) is 17.8 Å². The van der Waals surface area contributed by atoms with E-state index in [2.05, 4.69) is 0 Å². The van der Waals surface area contributed by atoms with Gasteiger partial charge in [0.2, 0.25) is 0 Å². The number of hydrogen-bond acceptors (Lipinski definition) is 3. The van der Waals surface area contributed by atoms with E-state index in [0.717, 1.165) is 11.1 Å². The molecule has 2 rings (SSSR count). The predicted octanol–water partition coefficient (Wildman–Crippen LogP) is 2.75. The lowest BCUT2D eigenvalue weighted by atomic mass is 9.94. The van der Waals surface area contributed by atoms with E-state index in [1.54, 1.807) is 4.90 Å². The largest absolute Gasteiger partial charge is 0.480 e. The van der Waals surface area contributed by atoms with Crippen LogP contribution in [0, 0.1) is 0 Å². The van der Waals surface area contributed by atoms with Crippen LogP contribution in [0.4, 0.5) is 13.2 Å². The summed E-state index contributed by atoms with van der Waals surface area (Å²) in [6.07, 6.45) is 0.336. The number of aliphatic carboxylic acids is 1. The molecule has 1 aromatic carbocycles. The summed E-state index contributed by atoms with van der Waals surface area (Å²) >= 11 is -0.112. The molecule has 1 N–H and O–H groups in total. The van der Waals surface area contributed by atoms with Crippen LogP contribution in [0.15, 0.2) is 24.3 Å². The number of alkyl halides is 3. The first-order chi connectivity index (χ1) is 9.37. The van der Waals surface area contributed by atoms with Crippen LogP contribution in [0.3, 0.4) is 0 Å². The summed E-state index contributed by atoms with van der Waals surface area (Å²) in [5.41, 5.74) is -2.33. The molecule has 1 aliphatic heterocycles. The molecule has 0 aromatic heterocycles. The first-order valence-electron chi connectivity index (χ1n) is 6.11. The van der Waals surface area contributed by atoms with E-state index in [1.807, 2.05) is 24.3 Å². The van der Waals surface area contributed by atoms with Crippen molar-refractivity contribution in [3.8, 4) is 0 Å². The molecule has 3 nitrogen and oxygen atoms in total. The third-order valence-corrected chi connectivity index (χ3v) is 3.99. The molecule has 1 atom stereocenters. The Kier molecular flexibility index (Phi) is 4.59. The van der Waals surface area contributed by atoms with Crippen LogP contribution >= 0.6 is 11.8 Å². The van der Waals surface area contributed by atoms with Crippen molar-refractivity contribution < 1.29 is 23.1 Å². The fourth-order valence-electron chi connectivity index (χ4n) is 2.33. The number of halogens is 3. The van der Waals surface area contributed by atoms with Crippen LogP contribution in [-0.4, -0.2) is 39.8 Å². The predicted molar refractivity (Wildman–Crippen MR) is 70.5 cm³/mol. The van der Waals surface area contributed by atoms with Gasteiger partial charge in [-0.25, -0.2) is 0 Å². The molecule has 0 amide bonds. The van der Waals surface area contributed by atoms with Gasteiger partial charge in [-0.05, 0) is 29.3 Å². The van der Waals surface area contributed by atoms with Crippen LogP contribution in [0.2, 0.25) is 0 Å². The van der Waals surface area contributed by atoms with E-state index < -0.39 is 17.5 Å². The Hall–Kier alpha value is -1.21. The number of nitrogens with zero attached hydrogens (tertiary/aromatic N) is 1. The summed E-state index contributed by atoms with van der Waals surface area (Å²) in [4.78, 5) is 12.9. The standard InChI is InChI=1S/C13H14F3NO2S/c14-13(15,16)20-6-5-17-8-10-4-2-1-3-9(10)7-11(17)12(18)19/h1-4,11H,5-8H2,(H,18,19)/t11-/m0/s1. The number of fused-ring (bicyclic) bond motifs is 1. The molecule has 110 valence electrons. The van der Waals surface area contributed by atoms with Crippen molar-refractivity contribution in [2.45, 2.75) is 24.5 Å². The zero-order chi connectivity index (χ0) is 14.8. The van der Waals surface area contributed by atoms with Crippen molar-refractivity contribution in [3.05, 3.63) is 35.4 Å². The number of hydrogen-bond donors (Lipinski definition) is 1. The molecule has 7 heteroatoms. The van der Waals surface area contributed by atoms with Crippen molar-refractivity contribution in [2.75, 3.05) is 12.3 Å². The zero-order valence-electron chi connectivity index (χ0n) is 10.6. The summed E-state index contributed by atoms with van der Waals surface area (Å²) in [6.45, 7) is 0.487. The highest BCUT2D eigenvalue weighted by atomic mass is 32.2. The summed E-state index contributed by atoms with van der Waals surface area (Å²) in [5, 5.41) is 9.22. The maximum Gasteiger partial charge on any atom is 0.441 e. The second-order valence-electron chi connectivity index (χ2n) is 4.59. The molecule has 0 unspecified atom stereocenters. The van der Waals surface area contributed by atoms with Gasteiger partial charge in [-0.15, -0.1) is 0 Å². The van der Waals surface area contributed by atoms with Gasteiger partial charge in [-0.2, -0.15) is 13.2 Å². The lowest BCUT2D eigenvalue weighted by Crippen LogP contribution is -2.46. The maximum absolute atomic E-state index is 12.1. The monoisotopic (exact) mass is 305 g/mol. The smallest absolute Gasteiger partial charge is 0.441 e. The summed E-state index contributed by atoms with van der Waals surface area (Å²) < 4.78 is 36.4. The fourth-order valence-corrected chi connectivity index (χ4v) is 2.89. The van der Waals surface area contributed by atoms with Crippen molar-refractivity contribution in [1.29, 1.82) is 0 Å². The van der Waals surface area contributed by atoms with Crippen LogP contribution in [0.5, 0.6) is 0 Å². The van der Waals surface area contributed by atoms with Crippen molar-refractivity contribution in [3.63, 3.8) is 0 Å². The molecule has 1 heterocycles. The Morgan fingerprint density at radius 2 is 2.00 bits per heavy atom. The third-order valence-electron chi connectivity index (χ3n) is 3.28. The van der Waals surface area contributed by atoms with E-state index >= 15 is 0 Å². The van der Waals surface area contributed by atoms with E-state index in [9.17, 15) is 23.1 Å². The van der Waals surface area contributed by atoms with Crippen LogP contribution in [0.1, 0.15) is 11.1 Å². The zero-order valence-corrected chi connectivity index (χ0v) is 11.4. The SMILES string of the molecule is O=C(O)[C@@H]1Cc2ccccc2CN1CCSC(F)(F)F. The Morgan fingerprint density at radius 3 is 2.60 bits per heavy atom. The fraction of sp³-hybridized carbons (Fsp3) is 0.462. The lowest BCUT2D eigenvalue weighted by molar-refractivity contribution is -0.143. The minimum absolute atomic E-state index is 0.107. The van der Waals surface area contributed by atoms with E-state index in [0.29, 0.717) is 13.0 Å². The first-order valence-corrected chi connectivity index (χ1v) is 7.10. The molecule has 0 spiro atoms. The number of carboxylic acids is 1. The maximum atomic E-state index is 12.1. The van der Waals surface area contributed by atoms with Gasteiger partial charge in [0.05, 0.1) is 0 Å². The quantitative estimate of drug-likeness (QED) is 0.928. The van der Waals surface area contributed by atoms with Gasteiger partial charge in [0, 0.05) is 18.8 Å². The van der Waals surface area contributed by atoms with Crippen LogP contribution < -0.4 is 0 Å². The Balaban J connectivity index is 2.05. The highest BCUT2D eigenvalue weighted by molar-refractivity contribution is 8.00. The topological polar surface area (TPSA) is 40.5 Å². The van der Waals surface area contributed by atoms with Crippen molar-refractivity contribution >= 4 is 17.7 Å². The Bertz CT molecular complexity index is 493. The second-order valence-corrected chi connectivity index (χ2v) is 5.75. The minimum Gasteiger partial charge on any atom is -0.480 e. The van der Waals surface area contributed by atoms with E-state index in [1.165, 1.54) is 0 Å². The molecular formula is C13H14F3NO2S. The minimum atomic E-state index is -4.27. The average Bonchev–Trinajstić information content (AvgIpc) is 2.36. The van der Waals surface area contributed by atoms with E-state index in [4.69, 9.17) is 0 Å². The second kappa shape index (κ2) is 6.05. The molecule has 0 radical (unpaired) electrons. The molecule has 1 aliphatic rings. The number of thioether (sulfide) groups is 1. The highest BCUT2D eigenvalue weighted by Gasteiger charge is 2.33. The molecule has 0 fully saturated rings. The molecule has 1 aromatic rings. The van der Waals surface area contributed by atoms with E-state index in [-0.39, 0.29) is 24.1 Å². The average molecular weight is 305 g/mol. The molecule has 0 aliphatic carbocycles. The summed E-state index contributed by atoms with van der Waals surface area (Å²) in [7, 11) is 0. The summed E-state index contributed by atoms with van der Waals surface area (Å²) in [5.74, 6) is -1.15. The van der Waals surface area contributed by atoms with Crippen molar-refractivity contribution in [1.82, 2.24) is 4.90 Å². The van der Waals surface area contributed by atoms with Gasteiger partial charge in [-0.1, -0.05) is 24.3 Å². The number of carbonyl (C=O) groups is 1. The van der Waals surface area contributed by atoms with Gasteiger partial charge in [-0.3, -0.25) is 9.69 Å². The highest BCUT2D eigenvalue weighted by Crippen LogP contribution is 2.31. The van der Waals surface area contributed by atoms with Gasteiger partial charge in [0.25, 0.3) is 0 Å². The Labute approximate surface area is 118 Å². The molecule has 0 saturated heterocycles. The molecule has 0 saturated carbocycles. The number of benzene rings is 1.